The Morgan fingerprint density at radius 2 is 1.94 bits per heavy atom. The predicted octanol–water partition coefficient (Wildman–Crippen LogP) is 2.33. The van der Waals surface area contributed by atoms with E-state index in [4.69, 9.17) is 5.73 Å². The number of alkyl halides is 5. The first-order valence-electron chi connectivity index (χ1n) is 4.05. The van der Waals surface area contributed by atoms with E-state index in [9.17, 15) is 22.0 Å². The van der Waals surface area contributed by atoms with Crippen molar-refractivity contribution in [2.75, 3.05) is 12.3 Å². The lowest BCUT2D eigenvalue weighted by Crippen LogP contribution is -2.12. The molecule has 2 N–H and O–H groups in total. The lowest BCUT2D eigenvalue weighted by Gasteiger charge is -2.10. The molecule has 0 saturated heterocycles. The third-order valence-electron chi connectivity index (χ3n) is 1.47. The highest BCUT2D eigenvalue weighted by molar-refractivity contribution is 5.43. The Morgan fingerprint density at radius 3 is 2.44 bits per heavy atom. The molecule has 0 atom stereocenters. The Hall–Kier alpha value is -1.60. The Bertz CT molecular complexity index is 366. The number of aromatic nitrogens is 1. The van der Waals surface area contributed by atoms with Gasteiger partial charge in [0.2, 0.25) is 5.88 Å². The zero-order valence-electron chi connectivity index (χ0n) is 7.76. The number of anilines is 1. The van der Waals surface area contributed by atoms with E-state index in [1.165, 1.54) is 0 Å². The zero-order valence-corrected chi connectivity index (χ0v) is 7.76. The molecule has 1 heterocycles. The van der Waals surface area contributed by atoms with Crippen molar-refractivity contribution in [3.05, 3.63) is 17.8 Å². The maximum atomic E-state index is 12.2. The van der Waals surface area contributed by atoms with Gasteiger partial charge in [0.1, 0.15) is 0 Å². The molecule has 1 rings (SSSR count). The molecule has 8 heteroatoms. The summed E-state index contributed by atoms with van der Waals surface area (Å²) in [5.74, 6) is -0.576. The topological polar surface area (TPSA) is 48.1 Å². The van der Waals surface area contributed by atoms with Gasteiger partial charge in [0.15, 0.2) is 12.3 Å². The van der Waals surface area contributed by atoms with Gasteiger partial charge in [-0.25, -0.2) is 13.8 Å². The van der Waals surface area contributed by atoms with E-state index < -0.39 is 30.8 Å². The lowest BCUT2D eigenvalue weighted by atomic mass is 10.3. The third-order valence-corrected chi connectivity index (χ3v) is 1.47. The number of nitrogens with zero attached hydrogens (tertiary/aromatic N) is 1. The first kappa shape index (κ1) is 12.5. The predicted molar refractivity (Wildman–Crippen MR) is 45.2 cm³/mol. The summed E-state index contributed by atoms with van der Waals surface area (Å²) in [6.45, 7) is -1.03. The molecule has 90 valence electrons. The second-order valence-electron chi connectivity index (χ2n) is 2.82. The normalized spacial score (nSPS) is 11.9. The Kier molecular flexibility index (Phi) is 3.51. The van der Waals surface area contributed by atoms with Crippen LogP contribution in [0.2, 0.25) is 0 Å². The molecular weight excluding hydrogens is 235 g/mol. The molecule has 0 spiro atoms. The summed E-state index contributed by atoms with van der Waals surface area (Å²) in [5.41, 5.74) is 3.62. The number of ether oxygens (including phenoxy) is 1. The lowest BCUT2D eigenvalue weighted by molar-refractivity contribution is -0.141. The summed E-state index contributed by atoms with van der Waals surface area (Å²) < 4.78 is 64.5. The van der Waals surface area contributed by atoms with Gasteiger partial charge < -0.3 is 10.5 Å². The summed E-state index contributed by atoms with van der Waals surface area (Å²) in [4.78, 5) is 3.02. The first-order chi connectivity index (χ1) is 7.29. The Morgan fingerprint density at radius 1 is 1.31 bits per heavy atom. The number of hydrogen-bond acceptors (Lipinski definition) is 3. The van der Waals surface area contributed by atoms with Crippen molar-refractivity contribution >= 4 is 5.69 Å². The molecular formula is C8H7F5N2O. The molecule has 0 radical (unpaired) electrons. The highest BCUT2D eigenvalue weighted by Gasteiger charge is 2.33. The molecule has 1 aromatic heterocycles. The zero-order chi connectivity index (χ0) is 12.3. The van der Waals surface area contributed by atoms with Crippen molar-refractivity contribution in [1.82, 2.24) is 4.98 Å². The minimum absolute atomic E-state index is 0.258. The molecule has 16 heavy (non-hydrogen) atoms. The molecule has 3 nitrogen and oxygen atoms in total. The van der Waals surface area contributed by atoms with E-state index in [-0.39, 0.29) is 5.69 Å². The Balaban J connectivity index is 2.90. The van der Waals surface area contributed by atoms with Crippen LogP contribution in [0.4, 0.5) is 27.6 Å². The number of hydrogen-bond donors (Lipinski definition) is 1. The molecule has 0 saturated carbocycles. The average molecular weight is 242 g/mol. The third kappa shape index (κ3) is 3.52. The fraction of sp³-hybridized carbons (Fsp3) is 0.375. The van der Waals surface area contributed by atoms with Crippen LogP contribution in [0.25, 0.3) is 0 Å². The molecule has 1 aromatic rings. The molecule has 0 aliphatic rings. The van der Waals surface area contributed by atoms with Crippen molar-refractivity contribution < 1.29 is 26.7 Å². The summed E-state index contributed by atoms with van der Waals surface area (Å²) in [6, 6.07) is 1.53. The van der Waals surface area contributed by atoms with Crippen LogP contribution in [0.5, 0.6) is 5.88 Å². The summed E-state index contributed by atoms with van der Waals surface area (Å²) in [6.07, 6.45) is -7.49. The number of nitrogens with two attached hydrogens (primary N) is 1. The molecule has 0 amide bonds. The van der Waals surface area contributed by atoms with Crippen LogP contribution in [0.1, 0.15) is 5.69 Å². The van der Waals surface area contributed by atoms with Crippen LogP contribution < -0.4 is 10.5 Å². The van der Waals surface area contributed by atoms with Gasteiger partial charge in [-0.05, 0) is 6.07 Å². The van der Waals surface area contributed by atoms with Gasteiger partial charge >= 0.3 is 6.18 Å². The summed E-state index contributed by atoms with van der Waals surface area (Å²) in [5, 5.41) is 0. The SMILES string of the molecule is Nc1cc(OCC(F)F)nc(C(F)(F)F)c1. The van der Waals surface area contributed by atoms with Crippen molar-refractivity contribution in [2.24, 2.45) is 0 Å². The van der Waals surface area contributed by atoms with E-state index in [0.717, 1.165) is 6.07 Å². The van der Waals surface area contributed by atoms with E-state index in [1.807, 2.05) is 0 Å². The minimum Gasteiger partial charge on any atom is -0.472 e. The fourth-order valence-corrected chi connectivity index (χ4v) is 0.893. The molecule has 0 aromatic carbocycles. The molecule has 0 aliphatic heterocycles. The molecule has 0 bridgehead atoms. The minimum atomic E-state index is -4.70. The van der Waals surface area contributed by atoms with Gasteiger partial charge in [-0.2, -0.15) is 13.2 Å². The van der Waals surface area contributed by atoms with Gasteiger partial charge in [-0.1, -0.05) is 0 Å². The van der Waals surface area contributed by atoms with Crippen LogP contribution in [0, 0.1) is 0 Å². The van der Waals surface area contributed by atoms with Gasteiger partial charge in [0, 0.05) is 11.8 Å². The second kappa shape index (κ2) is 4.50. The van der Waals surface area contributed by atoms with Gasteiger partial charge in [0.05, 0.1) is 0 Å². The molecule has 0 unspecified atom stereocenters. The maximum absolute atomic E-state index is 12.2. The highest BCUT2D eigenvalue weighted by Crippen LogP contribution is 2.30. The molecule has 0 fully saturated rings. The van der Waals surface area contributed by atoms with Crippen molar-refractivity contribution in [3.63, 3.8) is 0 Å². The van der Waals surface area contributed by atoms with Crippen LogP contribution in [0.15, 0.2) is 12.1 Å². The van der Waals surface area contributed by atoms with Gasteiger partial charge in [-0.3, -0.25) is 0 Å². The van der Waals surface area contributed by atoms with E-state index >= 15 is 0 Å². The van der Waals surface area contributed by atoms with Crippen molar-refractivity contribution in [1.29, 1.82) is 0 Å². The molecule has 0 aliphatic carbocycles. The van der Waals surface area contributed by atoms with E-state index in [1.54, 1.807) is 0 Å². The van der Waals surface area contributed by atoms with Crippen LogP contribution >= 0.6 is 0 Å². The summed E-state index contributed by atoms with van der Waals surface area (Å²) in [7, 11) is 0. The van der Waals surface area contributed by atoms with Crippen LogP contribution in [0.3, 0.4) is 0 Å². The number of pyridine rings is 1. The van der Waals surface area contributed by atoms with Crippen LogP contribution in [-0.2, 0) is 6.18 Å². The number of halogens is 5. The monoisotopic (exact) mass is 242 g/mol. The smallest absolute Gasteiger partial charge is 0.433 e. The van der Waals surface area contributed by atoms with Gasteiger partial charge in [-0.15, -0.1) is 0 Å². The van der Waals surface area contributed by atoms with E-state index in [2.05, 4.69) is 9.72 Å². The van der Waals surface area contributed by atoms with Gasteiger partial charge in [0.25, 0.3) is 6.43 Å². The highest BCUT2D eigenvalue weighted by atomic mass is 19.4. The number of nitrogen functional groups attached to an aromatic ring is 1. The van der Waals surface area contributed by atoms with Crippen molar-refractivity contribution in [2.45, 2.75) is 12.6 Å². The first-order valence-corrected chi connectivity index (χ1v) is 4.05. The quantitative estimate of drug-likeness (QED) is 0.827. The maximum Gasteiger partial charge on any atom is 0.433 e. The van der Waals surface area contributed by atoms with Crippen molar-refractivity contribution in [3.8, 4) is 5.88 Å². The summed E-state index contributed by atoms with van der Waals surface area (Å²) >= 11 is 0. The largest absolute Gasteiger partial charge is 0.472 e. The number of rotatable bonds is 3. The standard InChI is InChI=1S/C8H7F5N2O/c9-6(10)3-16-7-2-4(14)1-5(15-7)8(11,12)13/h1-2,6H,3H2,(H2,14,15). The average Bonchev–Trinajstić information content (AvgIpc) is 2.12. The second-order valence-corrected chi connectivity index (χ2v) is 2.82. The van der Waals surface area contributed by atoms with E-state index in [0.29, 0.717) is 6.07 Å². The van der Waals surface area contributed by atoms with Crippen LogP contribution in [-0.4, -0.2) is 18.0 Å². The fourth-order valence-electron chi connectivity index (χ4n) is 0.893. The Labute approximate surface area is 87.0 Å².